The number of aliphatic hydroxyl groups is 1. The molecule has 1 fully saturated rings. The van der Waals surface area contributed by atoms with Gasteiger partial charge in [-0.2, -0.15) is 5.10 Å². The Hall–Kier alpha value is -2.63. The number of hydrogen-bond acceptors (Lipinski definition) is 4. The van der Waals surface area contributed by atoms with Gasteiger partial charge in [-0.1, -0.05) is 30.3 Å². The molecular formula is C26H31N3O2. The highest BCUT2D eigenvalue weighted by molar-refractivity contribution is 5.40. The molecule has 5 rings (SSSR count). The molecule has 0 bridgehead atoms. The minimum Gasteiger partial charge on any atom is -0.508 e. The Morgan fingerprint density at radius 2 is 1.74 bits per heavy atom. The Morgan fingerprint density at radius 1 is 0.935 bits per heavy atom. The lowest BCUT2D eigenvalue weighted by Crippen LogP contribution is -2.38. The third-order valence-electron chi connectivity index (χ3n) is 6.85. The highest BCUT2D eigenvalue weighted by atomic mass is 16.3. The molecule has 2 aliphatic rings. The van der Waals surface area contributed by atoms with Crippen molar-refractivity contribution < 1.29 is 10.2 Å². The zero-order valence-electron chi connectivity index (χ0n) is 18.0. The number of para-hydroxylation sites is 1. The minimum absolute atomic E-state index is 0.166. The van der Waals surface area contributed by atoms with E-state index in [0.29, 0.717) is 11.8 Å². The van der Waals surface area contributed by atoms with Crippen LogP contribution in [-0.2, 0) is 25.9 Å². The van der Waals surface area contributed by atoms with Gasteiger partial charge in [-0.15, -0.1) is 0 Å². The molecule has 1 heterocycles. The highest BCUT2D eigenvalue weighted by Crippen LogP contribution is 2.31. The second kappa shape index (κ2) is 8.85. The number of phenolic OH excluding ortho intramolecular Hbond substituents is 1. The van der Waals surface area contributed by atoms with Gasteiger partial charge >= 0.3 is 0 Å². The van der Waals surface area contributed by atoms with Crippen molar-refractivity contribution in [2.45, 2.75) is 70.2 Å². The molecule has 1 saturated carbocycles. The SMILES string of the molecule is Oc1cccc(CN(Cc2nn(-c3ccccc3)c3c2CCC3)C2CCC(O)CC2)c1. The fraction of sp³-hybridized carbons (Fsp3) is 0.423. The van der Waals surface area contributed by atoms with E-state index in [4.69, 9.17) is 5.10 Å². The number of phenols is 1. The normalized spacial score (nSPS) is 20.8. The summed E-state index contributed by atoms with van der Waals surface area (Å²) in [7, 11) is 0. The van der Waals surface area contributed by atoms with Gasteiger partial charge in [0.25, 0.3) is 0 Å². The van der Waals surface area contributed by atoms with E-state index < -0.39 is 0 Å². The summed E-state index contributed by atoms with van der Waals surface area (Å²) in [5, 5.41) is 25.1. The molecule has 1 aromatic heterocycles. The third kappa shape index (κ3) is 4.39. The second-order valence-electron chi connectivity index (χ2n) is 9.01. The average Bonchev–Trinajstić information content (AvgIpc) is 3.38. The van der Waals surface area contributed by atoms with Crippen molar-refractivity contribution in [3.63, 3.8) is 0 Å². The molecule has 0 amide bonds. The van der Waals surface area contributed by atoms with Gasteiger partial charge in [0.05, 0.1) is 17.5 Å². The maximum atomic E-state index is 10.0. The van der Waals surface area contributed by atoms with Crippen LogP contribution < -0.4 is 0 Å². The molecule has 2 aliphatic carbocycles. The molecule has 0 unspecified atom stereocenters. The van der Waals surface area contributed by atoms with Gasteiger partial charge in [0.1, 0.15) is 5.75 Å². The van der Waals surface area contributed by atoms with Crippen LogP contribution in [0, 0.1) is 0 Å². The Balaban J connectivity index is 1.45. The minimum atomic E-state index is -0.166. The largest absolute Gasteiger partial charge is 0.508 e. The lowest BCUT2D eigenvalue weighted by atomic mass is 9.91. The molecule has 0 saturated heterocycles. The first-order valence-corrected chi connectivity index (χ1v) is 11.5. The van der Waals surface area contributed by atoms with Gasteiger partial charge in [0.2, 0.25) is 0 Å². The van der Waals surface area contributed by atoms with Crippen molar-refractivity contribution in [2.24, 2.45) is 0 Å². The lowest BCUT2D eigenvalue weighted by molar-refractivity contribution is 0.0658. The van der Waals surface area contributed by atoms with Crippen LogP contribution >= 0.6 is 0 Å². The van der Waals surface area contributed by atoms with E-state index in [0.717, 1.165) is 62.9 Å². The van der Waals surface area contributed by atoms with Crippen LogP contribution in [0.2, 0.25) is 0 Å². The van der Waals surface area contributed by atoms with Gasteiger partial charge in [-0.05, 0) is 80.3 Å². The van der Waals surface area contributed by atoms with E-state index in [-0.39, 0.29) is 6.10 Å². The number of aliphatic hydroxyl groups excluding tert-OH is 1. The molecule has 3 aromatic rings. The monoisotopic (exact) mass is 417 g/mol. The fourth-order valence-electron chi connectivity index (χ4n) is 5.24. The van der Waals surface area contributed by atoms with Crippen LogP contribution in [0.3, 0.4) is 0 Å². The predicted molar refractivity (Wildman–Crippen MR) is 121 cm³/mol. The van der Waals surface area contributed by atoms with Gasteiger partial charge in [-0.25, -0.2) is 4.68 Å². The summed E-state index contributed by atoms with van der Waals surface area (Å²) in [5.41, 5.74) is 6.21. The molecule has 0 radical (unpaired) electrons. The standard InChI is InChI=1S/C26H31N3O2/c30-22-14-12-20(13-15-22)28(17-19-6-4-9-23(31)16-19)18-25-24-10-5-11-26(24)29(27-25)21-7-2-1-3-8-21/h1-4,6-9,16,20,22,30-31H,5,10-15,17-18H2. The fourth-order valence-corrected chi connectivity index (χ4v) is 5.24. The lowest BCUT2D eigenvalue weighted by Gasteiger charge is -2.35. The first-order valence-electron chi connectivity index (χ1n) is 11.5. The van der Waals surface area contributed by atoms with E-state index in [1.165, 1.54) is 23.4 Å². The van der Waals surface area contributed by atoms with Crippen LogP contribution in [0.1, 0.15) is 54.6 Å². The first kappa shape index (κ1) is 20.3. The summed E-state index contributed by atoms with van der Waals surface area (Å²) < 4.78 is 2.15. The number of benzene rings is 2. The highest BCUT2D eigenvalue weighted by Gasteiger charge is 2.29. The van der Waals surface area contributed by atoms with Crippen LogP contribution in [0.5, 0.6) is 5.75 Å². The second-order valence-corrected chi connectivity index (χ2v) is 9.01. The molecule has 0 spiro atoms. The van der Waals surface area contributed by atoms with E-state index in [9.17, 15) is 10.2 Å². The average molecular weight is 418 g/mol. The molecular weight excluding hydrogens is 386 g/mol. The van der Waals surface area contributed by atoms with Crippen LogP contribution in [0.15, 0.2) is 54.6 Å². The van der Waals surface area contributed by atoms with Crippen molar-refractivity contribution >= 4 is 0 Å². The Bertz CT molecular complexity index is 1020. The van der Waals surface area contributed by atoms with Crippen molar-refractivity contribution in [1.29, 1.82) is 0 Å². The van der Waals surface area contributed by atoms with Crippen molar-refractivity contribution in [3.8, 4) is 11.4 Å². The first-order chi connectivity index (χ1) is 15.2. The molecule has 0 atom stereocenters. The van der Waals surface area contributed by atoms with Crippen molar-refractivity contribution in [2.75, 3.05) is 0 Å². The molecule has 162 valence electrons. The summed E-state index contributed by atoms with van der Waals surface area (Å²) in [6.45, 7) is 1.58. The van der Waals surface area contributed by atoms with Gasteiger partial charge in [0, 0.05) is 24.8 Å². The number of aromatic nitrogens is 2. The quantitative estimate of drug-likeness (QED) is 0.625. The summed E-state index contributed by atoms with van der Waals surface area (Å²) in [4.78, 5) is 2.51. The third-order valence-corrected chi connectivity index (χ3v) is 6.85. The molecule has 5 nitrogen and oxygen atoms in total. The summed E-state index contributed by atoms with van der Waals surface area (Å²) in [6.07, 6.45) is 6.93. The Kier molecular flexibility index (Phi) is 5.79. The molecule has 0 aliphatic heterocycles. The smallest absolute Gasteiger partial charge is 0.115 e. The summed E-state index contributed by atoms with van der Waals surface area (Å²) in [5.74, 6) is 0.311. The van der Waals surface area contributed by atoms with Gasteiger partial charge in [-0.3, -0.25) is 4.90 Å². The van der Waals surface area contributed by atoms with Crippen molar-refractivity contribution in [3.05, 3.63) is 77.1 Å². The van der Waals surface area contributed by atoms with Gasteiger partial charge in [0.15, 0.2) is 0 Å². The molecule has 5 heteroatoms. The van der Waals surface area contributed by atoms with E-state index >= 15 is 0 Å². The Morgan fingerprint density at radius 3 is 2.52 bits per heavy atom. The summed E-state index contributed by atoms with van der Waals surface area (Å²) >= 11 is 0. The van der Waals surface area contributed by atoms with Crippen LogP contribution in [-0.4, -0.2) is 37.0 Å². The number of rotatable bonds is 6. The number of nitrogens with zero attached hydrogens (tertiary/aromatic N) is 3. The maximum absolute atomic E-state index is 10.0. The van der Waals surface area contributed by atoms with Crippen LogP contribution in [0.25, 0.3) is 5.69 Å². The molecule has 31 heavy (non-hydrogen) atoms. The zero-order valence-corrected chi connectivity index (χ0v) is 18.0. The molecule has 2 aromatic carbocycles. The molecule has 2 N–H and O–H groups in total. The predicted octanol–water partition coefficient (Wildman–Crippen LogP) is 4.37. The zero-order chi connectivity index (χ0) is 21.2. The van der Waals surface area contributed by atoms with Crippen LogP contribution in [0.4, 0.5) is 0 Å². The summed E-state index contributed by atoms with van der Waals surface area (Å²) in [6, 6.07) is 18.4. The number of aromatic hydroxyl groups is 1. The number of hydrogen-bond donors (Lipinski definition) is 2. The Labute approximate surface area is 184 Å². The van der Waals surface area contributed by atoms with E-state index in [2.05, 4.69) is 39.9 Å². The topological polar surface area (TPSA) is 61.5 Å². The van der Waals surface area contributed by atoms with Crippen molar-refractivity contribution in [1.82, 2.24) is 14.7 Å². The maximum Gasteiger partial charge on any atom is 0.115 e. The number of fused-ring (bicyclic) bond motifs is 1. The van der Waals surface area contributed by atoms with E-state index in [1.54, 1.807) is 6.07 Å². The van der Waals surface area contributed by atoms with E-state index in [1.807, 2.05) is 18.2 Å². The van der Waals surface area contributed by atoms with Gasteiger partial charge < -0.3 is 10.2 Å².